The minimum absolute atomic E-state index is 0.408. The first-order chi connectivity index (χ1) is 9.23. The lowest BCUT2D eigenvalue weighted by molar-refractivity contribution is -0.135. The van der Waals surface area contributed by atoms with Gasteiger partial charge in [0.05, 0.1) is 0 Å². The fourth-order valence-corrected chi connectivity index (χ4v) is 4.97. The first kappa shape index (κ1) is 12.2. The van der Waals surface area contributed by atoms with Gasteiger partial charge in [-0.15, -0.1) is 0 Å². The summed E-state index contributed by atoms with van der Waals surface area (Å²) in [6.07, 6.45) is 10.3. The van der Waals surface area contributed by atoms with Crippen LogP contribution in [0.4, 0.5) is 0 Å². The number of amides is 1. The largest absolute Gasteiger partial charge is 0.342 e. The molecule has 1 amide bonds. The third kappa shape index (κ3) is 1.93. The molecule has 1 N–H and O–H groups in total. The first-order valence-corrected chi connectivity index (χ1v) is 8.23. The van der Waals surface area contributed by atoms with E-state index in [1.807, 2.05) is 0 Å². The number of rotatable bonds is 1. The molecule has 2 aliphatic carbocycles. The molecule has 0 aromatic carbocycles. The van der Waals surface area contributed by atoms with Crippen LogP contribution in [0, 0.1) is 16.7 Å². The average molecular weight is 262 g/mol. The summed E-state index contributed by atoms with van der Waals surface area (Å²) in [6, 6.07) is 0. The second-order valence-corrected chi connectivity index (χ2v) is 7.58. The Bertz CT molecular complexity index is 370. The van der Waals surface area contributed by atoms with E-state index in [1.54, 1.807) is 0 Å². The Balaban J connectivity index is 1.35. The normalized spacial score (nSPS) is 35.2. The lowest BCUT2D eigenvalue weighted by Crippen LogP contribution is -2.45. The van der Waals surface area contributed by atoms with Gasteiger partial charge in [-0.1, -0.05) is 12.8 Å². The van der Waals surface area contributed by atoms with Gasteiger partial charge in [0.2, 0.25) is 5.91 Å². The van der Waals surface area contributed by atoms with E-state index in [4.69, 9.17) is 0 Å². The Morgan fingerprint density at radius 1 is 1.05 bits per heavy atom. The third-order valence-corrected chi connectivity index (χ3v) is 6.56. The fraction of sp³-hybridized carbons (Fsp3) is 0.938. The van der Waals surface area contributed by atoms with Crippen molar-refractivity contribution in [3.8, 4) is 0 Å². The van der Waals surface area contributed by atoms with E-state index >= 15 is 0 Å². The molecule has 3 nitrogen and oxygen atoms in total. The first-order valence-electron chi connectivity index (χ1n) is 8.23. The average Bonchev–Trinajstić information content (AvgIpc) is 2.78. The van der Waals surface area contributed by atoms with Crippen molar-refractivity contribution in [2.45, 2.75) is 51.4 Å². The number of nitrogens with zero attached hydrogens (tertiary/aromatic N) is 1. The van der Waals surface area contributed by atoms with Gasteiger partial charge in [-0.2, -0.15) is 0 Å². The van der Waals surface area contributed by atoms with Crippen LogP contribution in [0.3, 0.4) is 0 Å². The third-order valence-electron chi connectivity index (χ3n) is 6.56. The smallest absolute Gasteiger partial charge is 0.226 e. The minimum Gasteiger partial charge on any atom is -0.342 e. The highest BCUT2D eigenvalue weighted by atomic mass is 16.2. The van der Waals surface area contributed by atoms with Gasteiger partial charge in [-0.25, -0.2) is 0 Å². The molecule has 4 rings (SSSR count). The zero-order valence-corrected chi connectivity index (χ0v) is 11.9. The van der Waals surface area contributed by atoms with Crippen molar-refractivity contribution in [3.05, 3.63) is 0 Å². The second-order valence-electron chi connectivity index (χ2n) is 7.58. The number of hydrogen-bond acceptors (Lipinski definition) is 2. The number of piperidine rings is 1. The van der Waals surface area contributed by atoms with E-state index in [9.17, 15) is 4.79 Å². The number of hydrogen-bond donors (Lipinski definition) is 1. The summed E-state index contributed by atoms with van der Waals surface area (Å²) in [7, 11) is 0. The SMILES string of the molecule is O=C(C1CC12CCCC2)N1CCC2(CCNC2)CC1. The summed E-state index contributed by atoms with van der Waals surface area (Å²) in [5.41, 5.74) is 1.01. The highest BCUT2D eigenvalue weighted by Gasteiger charge is 2.59. The van der Waals surface area contributed by atoms with Crippen molar-refractivity contribution < 1.29 is 4.79 Å². The Hall–Kier alpha value is -0.570. The molecule has 1 atom stereocenters. The minimum atomic E-state index is 0.408. The molecule has 2 heterocycles. The van der Waals surface area contributed by atoms with Crippen LogP contribution in [0.15, 0.2) is 0 Å². The zero-order valence-electron chi connectivity index (χ0n) is 11.9. The van der Waals surface area contributed by atoms with Gasteiger partial charge < -0.3 is 10.2 Å². The summed E-state index contributed by atoms with van der Waals surface area (Å²) in [4.78, 5) is 14.8. The molecule has 4 aliphatic rings. The van der Waals surface area contributed by atoms with Crippen molar-refractivity contribution in [3.63, 3.8) is 0 Å². The molecular weight excluding hydrogens is 236 g/mol. The van der Waals surface area contributed by atoms with Crippen molar-refractivity contribution in [2.75, 3.05) is 26.2 Å². The number of nitrogens with one attached hydrogen (secondary N) is 1. The fourth-order valence-electron chi connectivity index (χ4n) is 4.97. The molecule has 19 heavy (non-hydrogen) atoms. The molecule has 0 aromatic rings. The maximum atomic E-state index is 12.6. The zero-order chi connectivity index (χ0) is 12.9. The highest BCUT2D eigenvalue weighted by molar-refractivity contribution is 5.83. The summed E-state index contributed by atoms with van der Waals surface area (Å²) in [6.45, 7) is 4.41. The van der Waals surface area contributed by atoms with Crippen molar-refractivity contribution in [2.24, 2.45) is 16.7 Å². The molecule has 2 saturated carbocycles. The lowest BCUT2D eigenvalue weighted by atomic mass is 9.77. The maximum absolute atomic E-state index is 12.6. The van der Waals surface area contributed by atoms with Crippen LogP contribution in [0.25, 0.3) is 0 Å². The van der Waals surface area contributed by atoms with Crippen molar-refractivity contribution in [1.82, 2.24) is 10.2 Å². The van der Waals surface area contributed by atoms with E-state index < -0.39 is 0 Å². The highest BCUT2D eigenvalue weighted by Crippen LogP contribution is 2.63. The Morgan fingerprint density at radius 2 is 1.79 bits per heavy atom. The van der Waals surface area contributed by atoms with Gasteiger partial charge in [0.1, 0.15) is 0 Å². The van der Waals surface area contributed by atoms with Crippen LogP contribution >= 0.6 is 0 Å². The standard InChI is InChI=1S/C16H26N2O/c19-14(13-11-16(13)3-1-2-4-16)18-9-6-15(7-10-18)5-8-17-12-15/h13,17H,1-12H2. The molecule has 2 aliphatic heterocycles. The van der Waals surface area contributed by atoms with Gasteiger partial charge in [-0.3, -0.25) is 4.79 Å². The van der Waals surface area contributed by atoms with E-state index in [-0.39, 0.29) is 0 Å². The molecule has 0 aromatic heterocycles. The van der Waals surface area contributed by atoms with E-state index in [0.717, 1.165) is 13.1 Å². The lowest BCUT2D eigenvalue weighted by Gasteiger charge is -2.39. The number of likely N-dealkylation sites (tertiary alicyclic amines) is 1. The molecule has 2 spiro atoms. The summed E-state index contributed by atoms with van der Waals surface area (Å²) in [5.74, 6) is 0.911. The Morgan fingerprint density at radius 3 is 2.42 bits per heavy atom. The van der Waals surface area contributed by atoms with Gasteiger partial charge in [0, 0.05) is 25.6 Å². The predicted molar refractivity (Wildman–Crippen MR) is 74.7 cm³/mol. The van der Waals surface area contributed by atoms with E-state index in [0.29, 0.717) is 22.7 Å². The molecule has 106 valence electrons. The second kappa shape index (κ2) is 4.21. The summed E-state index contributed by atoms with van der Waals surface area (Å²) >= 11 is 0. The van der Waals surface area contributed by atoms with Crippen LogP contribution < -0.4 is 5.32 Å². The Labute approximate surface area is 116 Å². The molecule has 0 radical (unpaired) electrons. The number of carbonyl (C=O) groups is 1. The van der Waals surface area contributed by atoms with E-state index in [2.05, 4.69) is 10.2 Å². The van der Waals surface area contributed by atoms with Crippen LogP contribution in [-0.2, 0) is 4.79 Å². The van der Waals surface area contributed by atoms with Gasteiger partial charge in [0.15, 0.2) is 0 Å². The molecule has 2 saturated heterocycles. The quantitative estimate of drug-likeness (QED) is 0.785. The topological polar surface area (TPSA) is 32.3 Å². The van der Waals surface area contributed by atoms with Gasteiger partial charge >= 0.3 is 0 Å². The molecule has 1 unspecified atom stereocenters. The molecule has 3 heteroatoms. The van der Waals surface area contributed by atoms with Crippen molar-refractivity contribution in [1.29, 1.82) is 0 Å². The van der Waals surface area contributed by atoms with Gasteiger partial charge in [0.25, 0.3) is 0 Å². The summed E-state index contributed by atoms with van der Waals surface area (Å²) in [5, 5.41) is 3.50. The van der Waals surface area contributed by atoms with Crippen LogP contribution in [-0.4, -0.2) is 37.0 Å². The molecule has 0 bridgehead atoms. The van der Waals surface area contributed by atoms with Gasteiger partial charge in [-0.05, 0) is 55.9 Å². The van der Waals surface area contributed by atoms with Crippen LogP contribution in [0.5, 0.6) is 0 Å². The van der Waals surface area contributed by atoms with Crippen LogP contribution in [0.1, 0.15) is 51.4 Å². The monoisotopic (exact) mass is 262 g/mol. The van der Waals surface area contributed by atoms with Crippen molar-refractivity contribution >= 4 is 5.91 Å². The van der Waals surface area contributed by atoms with E-state index in [1.165, 1.54) is 64.5 Å². The Kier molecular flexibility index (Phi) is 2.70. The maximum Gasteiger partial charge on any atom is 0.226 e. The van der Waals surface area contributed by atoms with Crippen LogP contribution in [0.2, 0.25) is 0 Å². The molecular formula is C16H26N2O. The number of carbonyl (C=O) groups excluding carboxylic acids is 1. The predicted octanol–water partition coefficient (Wildman–Crippen LogP) is 2.17. The summed E-state index contributed by atoms with van der Waals surface area (Å²) < 4.78 is 0. The molecule has 4 fully saturated rings.